The Labute approximate surface area is 106 Å². The summed E-state index contributed by atoms with van der Waals surface area (Å²) in [6.07, 6.45) is 0.793. The minimum atomic E-state index is -0.305. The molecule has 0 saturated carbocycles. The average Bonchev–Trinajstić information content (AvgIpc) is 2.36. The van der Waals surface area contributed by atoms with Gasteiger partial charge in [0.05, 0.1) is 12.7 Å². The third-order valence-electron chi connectivity index (χ3n) is 2.42. The lowest BCUT2D eigenvalue weighted by molar-refractivity contribution is 0.0600. The number of methoxy groups -OCH3 is 1. The molecule has 0 aromatic heterocycles. The van der Waals surface area contributed by atoms with Gasteiger partial charge < -0.3 is 9.84 Å². The zero-order valence-corrected chi connectivity index (χ0v) is 11.0. The van der Waals surface area contributed by atoms with Gasteiger partial charge in [0.15, 0.2) is 0 Å². The van der Waals surface area contributed by atoms with Gasteiger partial charge in [0.1, 0.15) is 0 Å². The van der Waals surface area contributed by atoms with Gasteiger partial charge in [-0.2, -0.15) is 11.8 Å². The summed E-state index contributed by atoms with van der Waals surface area (Å²) in [6, 6.07) is 7.45. The minimum absolute atomic E-state index is 0.219. The summed E-state index contributed by atoms with van der Waals surface area (Å²) >= 11 is 1.77. The molecular formula is C13H18O3S. The fourth-order valence-electron chi connectivity index (χ4n) is 1.41. The number of ether oxygens (including phenoxy) is 1. The van der Waals surface area contributed by atoms with Crippen LogP contribution in [0.2, 0.25) is 0 Å². The first kappa shape index (κ1) is 14.1. The van der Waals surface area contributed by atoms with Crippen molar-refractivity contribution in [2.24, 2.45) is 0 Å². The van der Waals surface area contributed by atoms with E-state index in [-0.39, 0.29) is 12.6 Å². The molecule has 1 aromatic rings. The first-order valence-electron chi connectivity index (χ1n) is 5.57. The van der Waals surface area contributed by atoms with Gasteiger partial charge in [0, 0.05) is 17.6 Å². The van der Waals surface area contributed by atoms with E-state index in [1.54, 1.807) is 17.8 Å². The average molecular weight is 254 g/mol. The molecule has 1 rings (SSSR count). The summed E-state index contributed by atoms with van der Waals surface area (Å²) < 4.78 is 4.68. The number of benzene rings is 1. The maximum atomic E-state index is 11.3. The van der Waals surface area contributed by atoms with Gasteiger partial charge in [-0.15, -0.1) is 0 Å². The smallest absolute Gasteiger partial charge is 0.337 e. The maximum Gasteiger partial charge on any atom is 0.337 e. The normalized spacial score (nSPS) is 12.2. The van der Waals surface area contributed by atoms with Crippen molar-refractivity contribution in [1.29, 1.82) is 0 Å². The molecule has 0 radical (unpaired) electrons. The predicted molar refractivity (Wildman–Crippen MR) is 70.2 cm³/mol. The number of aliphatic hydroxyl groups is 1. The third kappa shape index (κ3) is 4.79. The molecule has 1 aromatic carbocycles. The molecule has 0 bridgehead atoms. The number of thioether (sulfide) groups is 1. The van der Waals surface area contributed by atoms with Crippen LogP contribution < -0.4 is 0 Å². The molecule has 0 fully saturated rings. The Morgan fingerprint density at radius 2 is 2.29 bits per heavy atom. The molecule has 94 valence electrons. The fraction of sp³-hybridized carbons (Fsp3) is 0.462. The summed E-state index contributed by atoms with van der Waals surface area (Å²) in [4.78, 5) is 11.3. The standard InChI is InChI=1S/C13H18O3S/c1-10(6-7-14)17-9-11-4-3-5-12(8-11)13(15)16-2/h3-5,8,10,14H,6-7,9H2,1-2H3. The molecular weight excluding hydrogens is 236 g/mol. The Morgan fingerprint density at radius 3 is 2.94 bits per heavy atom. The van der Waals surface area contributed by atoms with E-state index < -0.39 is 0 Å². The molecule has 0 spiro atoms. The predicted octanol–water partition coefficient (Wildman–Crippen LogP) is 2.48. The van der Waals surface area contributed by atoms with Crippen LogP contribution in [0.4, 0.5) is 0 Å². The van der Waals surface area contributed by atoms with E-state index in [0.717, 1.165) is 17.7 Å². The molecule has 1 unspecified atom stereocenters. The molecule has 0 amide bonds. The van der Waals surface area contributed by atoms with Crippen molar-refractivity contribution in [2.45, 2.75) is 24.3 Å². The first-order chi connectivity index (χ1) is 8.17. The van der Waals surface area contributed by atoms with E-state index in [1.165, 1.54) is 7.11 Å². The van der Waals surface area contributed by atoms with Crippen LogP contribution in [0.5, 0.6) is 0 Å². The van der Waals surface area contributed by atoms with Crippen LogP contribution in [0.25, 0.3) is 0 Å². The van der Waals surface area contributed by atoms with Gasteiger partial charge >= 0.3 is 5.97 Å². The SMILES string of the molecule is COC(=O)c1cccc(CSC(C)CCO)c1. The molecule has 3 nitrogen and oxygen atoms in total. The first-order valence-corrected chi connectivity index (χ1v) is 6.62. The molecule has 1 N–H and O–H groups in total. The summed E-state index contributed by atoms with van der Waals surface area (Å²) in [5.74, 6) is 0.534. The van der Waals surface area contributed by atoms with Crippen molar-refractivity contribution in [1.82, 2.24) is 0 Å². The van der Waals surface area contributed by atoms with Crippen LogP contribution in [0.3, 0.4) is 0 Å². The number of rotatable bonds is 6. The Balaban J connectivity index is 2.57. The van der Waals surface area contributed by atoms with Crippen molar-refractivity contribution in [3.05, 3.63) is 35.4 Å². The Bertz CT molecular complexity index is 365. The molecule has 4 heteroatoms. The second-order valence-electron chi connectivity index (χ2n) is 3.83. The summed E-state index contributed by atoms with van der Waals surface area (Å²) in [7, 11) is 1.38. The van der Waals surface area contributed by atoms with Crippen LogP contribution in [-0.4, -0.2) is 30.0 Å². The Kier molecular flexibility index (Phi) is 6.08. The molecule has 17 heavy (non-hydrogen) atoms. The van der Waals surface area contributed by atoms with Crippen LogP contribution in [0.15, 0.2) is 24.3 Å². The Morgan fingerprint density at radius 1 is 1.53 bits per heavy atom. The number of carbonyl (C=O) groups is 1. The Hall–Kier alpha value is -1.00. The van der Waals surface area contributed by atoms with E-state index in [1.807, 2.05) is 18.2 Å². The molecule has 1 atom stereocenters. The van der Waals surface area contributed by atoms with Crippen LogP contribution in [-0.2, 0) is 10.5 Å². The number of aliphatic hydroxyl groups excluding tert-OH is 1. The number of hydrogen-bond donors (Lipinski definition) is 1. The summed E-state index contributed by atoms with van der Waals surface area (Å²) in [5, 5.41) is 9.23. The molecule has 0 aliphatic heterocycles. The van der Waals surface area contributed by atoms with Crippen molar-refractivity contribution < 1.29 is 14.6 Å². The second-order valence-corrected chi connectivity index (χ2v) is 5.25. The van der Waals surface area contributed by atoms with E-state index in [4.69, 9.17) is 5.11 Å². The largest absolute Gasteiger partial charge is 0.465 e. The highest BCUT2D eigenvalue weighted by Gasteiger charge is 2.07. The highest BCUT2D eigenvalue weighted by molar-refractivity contribution is 7.99. The van der Waals surface area contributed by atoms with Gasteiger partial charge in [-0.1, -0.05) is 19.1 Å². The highest BCUT2D eigenvalue weighted by Crippen LogP contribution is 2.20. The van der Waals surface area contributed by atoms with E-state index in [0.29, 0.717) is 10.8 Å². The fourth-order valence-corrected chi connectivity index (χ4v) is 2.34. The van der Waals surface area contributed by atoms with E-state index in [9.17, 15) is 4.79 Å². The molecule has 0 aliphatic carbocycles. The van der Waals surface area contributed by atoms with E-state index in [2.05, 4.69) is 11.7 Å². The van der Waals surface area contributed by atoms with Crippen molar-refractivity contribution in [3.63, 3.8) is 0 Å². The summed E-state index contributed by atoms with van der Waals surface area (Å²) in [5.41, 5.74) is 1.68. The third-order valence-corrected chi connectivity index (χ3v) is 3.72. The summed E-state index contributed by atoms with van der Waals surface area (Å²) in [6.45, 7) is 2.31. The zero-order chi connectivity index (χ0) is 12.7. The topological polar surface area (TPSA) is 46.5 Å². The van der Waals surface area contributed by atoms with Gasteiger partial charge in [0.2, 0.25) is 0 Å². The van der Waals surface area contributed by atoms with Crippen molar-refractivity contribution in [2.75, 3.05) is 13.7 Å². The van der Waals surface area contributed by atoms with Crippen LogP contribution >= 0.6 is 11.8 Å². The number of esters is 1. The van der Waals surface area contributed by atoms with Crippen LogP contribution in [0, 0.1) is 0 Å². The quantitative estimate of drug-likeness (QED) is 0.792. The lowest BCUT2D eigenvalue weighted by Crippen LogP contribution is -2.02. The number of hydrogen-bond acceptors (Lipinski definition) is 4. The van der Waals surface area contributed by atoms with Gasteiger partial charge in [-0.3, -0.25) is 0 Å². The van der Waals surface area contributed by atoms with Gasteiger partial charge in [-0.05, 0) is 24.1 Å². The minimum Gasteiger partial charge on any atom is -0.465 e. The van der Waals surface area contributed by atoms with Crippen molar-refractivity contribution >= 4 is 17.7 Å². The zero-order valence-electron chi connectivity index (χ0n) is 10.2. The maximum absolute atomic E-state index is 11.3. The second kappa shape index (κ2) is 7.35. The molecule has 0 heterocycles. The van der Waals surface area contributed by atoms with Gasteiger partial charge in [-0.25, -0.2) is 4.79 Å². The van der Waals surface area contributed by atoms with Crippen molar-refractivity contribution in [3.8, 4) is 0 Å². The highest BCUT2D eigenvalue weighted by atomic mass is 32.2. The lowest BCUT2D eigenvalue weighted by Gasteiger charge is -2.09. The molecule has 0 saturated heterocycles. The lowest BCUT2D eigenvalue weighted by atomic mass is 10.1. The molecule has 0 aliphatic rings. The van der Waals surface area contributed by atoms with Gasteiger partial charge in [0.25, 0.3) is 0 Å². The number of carbonyl (C=O) groups excluding carboxylic acids is 1. The van der Waals surface area contributed by atoms with E-state index >= 15 is 0 Å². The monoisotopic (exact) mass is 254 g/mol. The van der Waals surface area contributed by atoms with Crippen LogP contribution in [0.1, 0.15) is 29.3 Å².